The van der Waals surface area contributed by atoms with Gasteiger partial charge in [-0.1, -0.05) is 6.42 Å². The predicted octanol–water partition coefficient (Wildman–Crippen LogP) is 2.20. The molecule has 2 nitrogen and oxygen atoms in total. The highest BCUT2D eigenvalue weighted by molar-refractivity contribution is 7.80. The molecule has 1 aliphatic heterocycles. The second kappa shape index (κ2) is 5.07. The van der Waals surface area contributed by atoms with Crippen LogP contribution in [0.5, 0.6) is 0 Å². The number of hydrogen-bond acceptors (Lipinski definition) is 3. The number of thiol groups is 1. The van der Waals surface area contributed by atoms with Crippen molar-refractivity contribution < 1.29 is 4.74 Å². The monoisotopic (exact) mass is 229 g/mol. The Kier molecular flexibility index (Phi) is 3.97. The molecule has 2 rings (SSSR count). The van der Waals surface area contributed by atoms with E-state index in [-0.39, 0.29) is 0 Å². The first-order valence-corrected chi connectivity index (χ1v) is 6.82. The molecule has 1 atom stereocenters. The van der Waals surface area contributed by atoms with E-state index in [9.17, 15) is 0 Å². The molecule has 0 aromatic heterocycles. The molecule has 0 amide bonds. The zero-order valence-corrected chi connectivity index (χ0v) is 10.6. The number of nitrogens with zero attached hydrogens (tertiary/aromatic N) is 1. The summed E-state index contributed by atoms with van der Waals surface area (Å²) in [5.74, 6) is 1.05. The Balaban J connectivity index is 1.86. The van der Waals surface area contributed by atoms with E-state index in [1.54, 1.807) is 0 Å². The number of ether oxygens (including phenoxy) is 1. The van der Waals surface area contributed by atoms with Crippen molar-refractivity contribution in [2.45, 2.75) is 38.7 Å². The predicted molar refractivity (Wildman–Crippen MR) is 66.6 cm³/mol. The first-order chi connectivity index (χ1) is 7.24. The van der Waals surface area contributed by atoms with Crippen LogP contribution in [0.2, 0.25) is 0 Å². The van der Waals surface area contributed by atoms with E-state index >= 15 is 0 Å². The zero-order chi connectivity index (χ0) is 10.7. The molecule has 1 saturated heterocycles. The van der Waals surface area contributed by atoms with E-state index in [0.717, 1.165) is 18.9 Å². The second-order valence-electron chi connectivity index (χ2n) is 5.28. The fourth-order valence-corrected chi connectivity index (χ4v) is 3.16. The molecule has 2 fully saturated rings. The van der Waals surface area contributed by atoms with Gasteiger partial charge in [-0.2, -0.15) is 12.6 Å². The van der Waals surface area contributed by atoms with Gasteiger partial charge in [0.05, 0.1) is 6.10 Å². The maximum atomic E-state index is 5.67. The van der Waals surface area contributed by atoms with Crippen LogP contribution < -0.4 is 0 Å². The summed E-state index contributed by atoms with van der Waals surface area (Å²) in [6, 6.07) is 0. The van der Waals surface area contributed by atoms with Crippen LogP contribution in [-0.4, -0.2) is 43.0 Å². The van der Waals surface area contributed by atoms with Gasteiger partial charge >= 0.3 is 0 Å². The highest BCUT2D eigenvalue weighted by Gasteiger charge is 2.37. The Morgan fingerprint density at radius 2 is 2.20 bits per heavy atom. The third-order valence-electron chi connectivity index (χ3n) is 3.84. The number of hydrogen-bond donors (Lipinski definition) is 1. The molecule has 15 heavy (non-hydrogen) atoms. The normalized spacial score (nSPS) is 32.0. The van der Waals surface area contributed by atoms with Crippen LogP contribution >= 0.6 is 12.6 Å². The van der Waals surface area contributed by atoms with E-state index in [1.165, 1.54) is 38.8 Å². The molecule has 2 aliphatic rings. The average molecular weight is 229 g/mol. The maximum absolute atomic E-state index is 5.67. The maximum Gasteiger partial charge on any atom is 0.0673 e. The standard InChI is InChI=1S/C12H23NOS/c1-11-8-13(6-3-7-14-11)9-12(10-15)4-2-5-12/h11,15H,2-10H2,1H3. The minimum atomic E-state index is 0.407. The van der Waals surface area contributed by atoms with Crippen LogP contribution in [-0.2, 0) is 4.74 Å². The molecule has 1 saturated carbocycles. The van der Waals surface area contributed by atoms with E-state index in [0.29, 0.717) is 11.5 Å². The zero-order valence-electron chi connectivity index (χ0n) is 9.74. The lowest BCUT2D eigenvalue weighted by Crippen LogP contribution is -2.45. The van der Waals surface area contributed by atoms with Crippen molar-refractivity contribution >= 4 is 12.6 Å². The second-order valence-corrected chi connectivity index (χ2v) is 5.60. The van der Waals surface area contributed by atoms with Crippen molar-refractivity contribution in [3.63, 3.8) is 0 Å². The molecular formula is C12H23NOS. The van der Waals surface area contributed by atoms with Gasteiger partial charge in [-0.05, 0) is 37.4 Å². The van der Waals surface area contributed by atoms with Crippen molar-refractivity contribution in [1.29, 1.82) is 0 Å². The Hall–Kier alpha value is 0.270. The van der Waals surface area contributed by atoms with Gasteiger partial charge in [-0.3, -0.25) is 0 Å². The van der Waals surface area contributed by atoms with Gasteiger partial charge in [0, 0.05) is 26.2 Å². The largest absolute Gasteiger partial charge is 0.377 e. The van der Waals surface area contributed by atoms with Crippen LogP contribution in [0.3, 0.4) is 0 Å². The average Bonchev–Trinajstić information content (AvgIpc) is 2.36. The summed E-state index contributed by atoms with van der Waals surface area (Å²) in [6.45, 7) is 6.68. The van der Waals surface area contributed by atoms with Crippen molar-refractivity contribution in [2.75, 3.05) is 32.0 Å². The molecule has 1 unspecified atom stereocenters. The summed E-state index contributed by atoms with van der Waals surface area (Å²) in [5.41, 5.74) is 0.535. The van der Waals surface area contributed by atoms with Crippen LogP contribution in [0, 0.1) is 5.41 Å². The van der Waals surface area contributed by atoms with Gasteiger partial charge in [-0.15, -0.1) is 0 Å². The van der Waals surface area contributed by atoms with E-state index in [2.05, 4.69) is 24.5 Å². The van der Waals surface area contributed by atoms with Crippen LogP contribution in [0.1, 0.15) is 32.6 Å². The first kappa shape index (κ1) is 11.7. The fourth-order valence-electron chi connectivity index (χ4n) is 2.74. The Morgan fingerprint density at radius 3 is 2.80 bits per heavy atom. The summed E-state index contributed by atoms with van der Waals surface area (Å²) >= 11 is 4.52. The topological polar surface area (TPSA) is 12.5 Å². The quantitative estimate of drug-likeness (QED) is 0.745. The summed E-state index contributed by atoms with van der Waals surface area (Å²) in [5, 5.41) is 0. The van der Waals surface area contributed by atoms with Crippen LogP contribution in [0.15, 0.2) is 0 Å². The van der Waals surface area contributed by atoms with Gasteiger partial charge in [0.1, 0.15) is 0 Å². The lowest BCUT2D eigenvalue weighted by atomic mass is 9.70. The Labute approximate surface area is 98.8 Å². The smallest absolute Gasteiger partial charge is 0.0673 e. The van der Waals surface area contributed by atoms with E-state index in [4.69, 9.17) is 4.74 Å². The van der Waals surface area contributed by atoms with Gasteiger partial charge in [-0.25, -0.2) is 0 Å². The van der Waals surface area contributed by atoms with Gasteiger partial charge < -0.3 is 9.64 Å². The highest BCUT2D eigenvalue weighted by atomic mass is 32.1. The minimum Gasteiger partial charge on any atom is -0.377 e. The van der Waals surface area contributed by atoms with Gasteiger partial charge in [0.2, 0.25) is 0 Å². The summed E-state index contributed by atoms with van der Waals surface area (Å²) in [4.78, 5) is 2.59. The Bertz CT molecular complexity index is 200. The molecule has 0 radical (unpaired) electrons. The highest BCUT2D eigenvalue weighted by Crippen LogP contribution is 2.42. The summed E-state index contributed by atoms with van der Waals surface area (Å²) in [6.07, 6.45) is 5.75. The van der Waals surface area contributed by atoms with Gasteiger partial charge in [0.15, 0.2) is 0 Å². The summed E-state index contributed by atoms with van der Waals surface area (Å²) in [7, 11) is 0. The third kappa shape index (κ3) is 2.89. The van der Waals surface area contributed by atoms with Crippen molar-refractivity contribution in [2.24, 2.45) is 5.41 Å². The fraction of sp³-hybridized carbons (Fsp3) is 1.00. The lowest BCUT2D eigenvalue weighted by Gasteiger charge is -2.44. The van der Waals surface area contributed by atoms with Crippen LogP contribution in [0.25, 0.3) is 0 Å². The molecule has 1 aliphatic carbocycles. The van der Waals surface area contributed by atoms with E-state index in [1.807, 2.05) is 0 Å². The molecule has 3 heteroatoms. The van der Waals surface area contributed by atoms with Gasteiger partial charge in [0.25, 0.3) is 0 Å². The molecule has 0 N–H and O–H groups in total. The molecule has 0 aromatic rings. The van der Waals surface area contributed by atoms with E-state index < -0.39 is 0 Å². The minimum absolute atomic E-state index is 0.407. The Morgan fingerprint density at radius 1 is 1.40 bits per heavy atom. The van der Waals surface area contributed by atoms with Crippen molar-refractivity contribution in [3.05, 3.63) is 0 Å². The van der Waals surface area contributed by atoms with Crippen LogP contribution in [0.4, 0.5) is 0 Å². The SMILES string of the molecule is CC1CN(CC2(CS)CCC2)CCCO1. The van der Waals surface area contributed by atoms with Crippen molar-refractivity contribution in [3.8, 4) is 0 Å². The lowest BCUT2D eigenvalue weighted by molar-refractivity contribution is 0.0478. The third-order valence-corrected chi connectivity index (χ3v) is 4.52. The molecule has 0 spiro atoms. The molecule has 1 heterocycles. The first-order valence-electron chi connectivity index (χ1n) is 6.19. The summed E-state index contributed by atoms with van der Waals surface area (Å²) < 4.78 is 5.67. The molecule has 0 bridgehead atoms. The molecule has 88 valence electrons. The molecule has 0 aromatic carbocycles. The van der Waals surface area contributed by atoms with Crippen molar-refractivity contribution in [1.82, 2.24) is 4.90 Å². The molecular weight excluding hydrogens is 206 g/mol. The number of rotatable bonds is 3.